The average molecular weight is 256 g/mol. The Morgan fingerprint density at radius 2 is 2.19 bits per heavy atom. The van der Waals surface area contributed by atoms with Crippen LogP contribution in [-0.2, 0) is 6.61 Å². The van der Waals surface area contributed by atoms with Crippen LogP contribution in [0.3, 0.4) is 0 Å². The third-order valence-corrected chi connectivity index (χ3v) is 3.51. The molecule has 0 aliphatic carbocycles. The van der Waals surface area contributed by atoms with Gasteiger partial charge in [-0.2, -0.15) is 0 Å². The van der Waals surface area contributed by atoms with E-state index in [1.54, 1.807) is 7.11 Å². The molecule has 0 fully saturated rings. The van der Waals surface area contributed by atoms with Crippen LogP contribution in [0, 0.1) is 0 Å². The van der Waals surface area contributed by atoms with Gasteiger partial charge in [0.05, 0.1) is 25.0 Å². The van der Waals surface area contributed by atoms with E-state index >= 15 is 0 Å². The van der Waals surface area contributed by atoms with Crippen molar-refractivity contribution in [3.8, 4) is 16.3 Å². The number of hydrogen-bond acceptors (Lipinski definition) is 4. The standard InChI is InChI=1S/C11H10ClNO2S/c1-15-9-5-3-2-4-7(9)11-13-8(6-14)10(12)16-11/h2-5,14H,6H2,1H3. The topological polar surface area (TPSA) is 42.4 Å². The summed E-state index contributed by atoms with van der Waals surface area (Å²) in [7, 11) is 1.61. The number of rotatable bonds is 3. The van der Waals surface area contributed by atoms with Gasteiger partial charge in [0.2, 0.25) is 0 Å². The quantitative estimate of drug-likeness (QED) is 0.917. The van der Waals surface area contributed by atoms with E-state index in [0.29, 0.717) is 10.0 Å². The molecule has 0 atom stereocenters. The Morgan fingerprint density at radius 1 is 1.44 bits per heavy atom. The van der Waals surface area contributed by atoms with Gasteiger partial charge in [0.1, 0.15) is 15.1 Å². The Kier molecular flexibility index (Phi) is 3.43. The zero-order valence-corrected chi connectivity index (χ0v) is 10.2. The van der Waals surface area contributed by atoms with Crippen molar-refractivity contribution in [2.75, 3.05) is 7.11 Å². The molecule has 1 N–H and O–H groups in total. The molecule has 0 aliphatic heterocycles. The highest BCUT2D eigenvalue weighted by atomic mass is 35.5. The van der Waals surface area contributed by atoms with Gasteiger partial charge in [-0.25, -0.2) is 4.98 Å². The summed E-state index contributed by atoms with van der Waals surface area (Å²) >= 11 is 7.28. The van der Waals surface area contributed by atoms with E-state index in [4.69, 9.17) is 21.4 Å². The average Bonchev–Trinajstić information content (AvgIpc) is 2.70. The van der Waals surface area contributed by atoms with E-state index in [2.05, 4.69) is 4.98 Å². The summed E-state index contributed by atoms with van der Waals surface area (Å²) in [6, 6.07) is 7.58. The molecule has 0 unspecified atom stereocenters. The minimum Gasteiger partial charge on any atom is -0.496 e. The SMILES string of the molecule is COc1ccccc1-c1nc(CO)c(Cl)s1. The second-order valence-corrected chi connectivity index (χ2v) is 4.70. The zero-order chi connectivity index (χ0) is 11.5. The molecule has 0 bridgehead atoms. The number of ether oxygens (including phenoxy) is 1. The lowest BCUT2D eigenvalue weighted by Gasteiger charge is -2.04. The second-order valence-electron chi connectivity index (χ2n) is 3.10. The smallest absolute Gasteiger partial charge is 0.129 e. The number of aromatic nitrogens is 1. The highest BCUT2D eigenvalue weighted by molar-refractivity contribution is 7.19. The van der Waals surface area contributed by atoms with Gasteiger partial charge in [0, 0.05) is 0 Å². The van der Waals surface area contributed by atoms with Gasteiger partial charge in [-0.15, -0.1) is 11.3 Å². The van der Waals surface area contributed by atoms with Crippen LogP contribution in [0.5, 0.6) is 5.75 Å². The second kappa shape index (κ2) is 4.82. The number of aliphatic hydroxyl groups is 1. The number of aliphatic hydroxyl groups excluding tert-OH is 1. The summed E-state index contributed by atoms with van der Waals surface area (Å²) in [6.45, 7) is -0.148. The van der Waals surface area contributed by atoms with Crippen LogP contribution in [0.1, 0.15) is 5.69 Å². The number of para-hydroxylation sites is 1. The summed E-state index contributed by atoms with van der Waals surface area (Å²) in [5.74, 6) is 0.748. The van der Waals surface area contributed by atoms with Crippen molar-refractivity contribution in [3.63, 3.8) is 0 Å². The Labute approximate surface area is 102 Å². The molecule has 0 spiro atoms. The molecule has 0 aliphatic rings. The van der Waals surface area contributed by atoms with Crippen molar-refractivity contribution >= 4 is 22.9 Å². The lowest BCUT2D eigenvalue weighted by molar-refractivity contribution is 0.278. The normalized spacial score (nSPS) is 10.4. The molecule has 1 aromatic heterocycles. The number of thiazole rings is 1. The minimum atomic E-state index is -0.148. The van der Waals surface area contributed by atoms with Crippen LogP contribution >= 0.6 is 22.9 Å². The first-order chi connectivity index (χ1) is 7.76. The van der Waals surface area contributed by atoms with Crippen LogP contribution < -0.4 is 4.74 Å². The van der Waals surface area contributed by atoms with E-state index in [1.165, 1.54) is 11.3 Å². The van der Waals surface area contributed by atoms with E-state index < -0.39 is 0 Å². The molecule has 0 saturated heterocycles. The van der Waals surface area contributed by atoms with Crippen LogP contribution in [0.25, 0.3) is 10.6 Å². The lowest BCUT2D eigenvalue weighted by Crippen LogP contribution is -1.88. The van der Waals surface area contributed by atoms with Crippen LogP contribution in [0.2, 0.25) is 4.34 Å². The monoisotopic (exact) mass is 255 g/mol. The van der Waals surface area contributed by atoms with Crippen molar-refractivity contribution in [2.45, 2.75) is 6.61 Å². The largest absolute Gasteiger partial charge is 0.496 e. The van der Waals surface area contributed by atoms with E-state index in [1.807, 2.05) is 24.3 Å². The molecular formula is C11H10ClNO2S. The molecule has 2 rings (SSSR count). The first-order valence-corrected chi connectivity index (χ1v) is 5.85. The van der Waals surface area contributed by atoms with Crippen molar-refractivity contribution in [3.05, 3.63) is 34.3 Å². The Bertz CT molecular complexity index is 498. The molecular weight excluding hydrogens is 246 g/mol. The van der Waals surface area contributed by atoms with Crippen molar-refractivity contribution < 1.29 is 9.84 Å². The van der Waals surface area contributed by atoms with Gasteiger partial charge in [-0.05, 0) is 12.1 Å². The minimum absolute atomic E-state index is 0.148. The Balaban J connectivity index is 2.49. The predicted molar refractivity (Wildman–Crippen MR) is 65.0 cm³/mol. The highest BCUT2D eigenvalue weighted by Crippen LogP contribution is 2.36. The summed E-state index contributed by atoms with van der Waals surface area (Å²) < 4.78 is 5.76. The Morgan fingerprint density at radius 3 is 2.81 bits per heavy atom. The number of methoxy groups -OCH3 is 1. The van der Waals surface area contributed by atoms with Gasteiger partial charge in [0.15, 0.2) is 0 Å². The van der Waals surface area contributed by atoms with Crippen molar-refractivity contribution in [1.29, 1.82) is 0 Å². The predicted octanol–water partition coefficient (Wildman–Crippen LogP) is 2.96. The first-order valence-electron chi connectivity index (χ1n) is 4.65. The molecule has 0 amide bonds. The van der Waals surface area contributed by atoms with Crippen LogP contribution in [0.4, 0.5) is 0 Å². The molecule has 1 heterocycles. The van der Waals surface area contributed by atoms with Crippen molar-refractivity contribution in [1.82, 2.24) is 4.98 Å². The van der Waals surface area contributed by atoms with E-state index in [9.17, 15) is 0 Å². The maximum absolute atomic E-state index is 9.03. The van der Waals surface area contributed by atoms with Gasteiger partial charge in [-0.3, -0.25) is 0 Å². The van der Waals surface area contributed by atoms with E-state index in [0.717, 1.165) is 16.3 Å². The molecule has 0 saturated carbocycles. The third-order valence-electron chi connectivity index (χ3n) is 2.14. The maximum atomic E-state index is 9.03. The van der Waals surface area contributed by atoms with E-state index in [-0.39, 0.29) is 6.61 Å². The molecule has 16 heavy (non-hydrogen) atoms. The molecule has 5 heteroatoms. The summed E-state index contributed by atoms with van der Waals surface area (Å²) in [5, 5.41) is 9.79. The fraction of sp³-hybridized carbons (Fsp3) is 0.182. The zero-order valence-electron chi connectivity index (χ0n) is 8.61. The number of benzene rings is 1. The van der Waals surface area contributed by atoms with Gasteiger partial charge < -0.3 is 9.84 Å². The summed E-state index contributed by atoms with van der Waals surface area (Å²) in [4.78, 5) is 4.26. The molecule has 3 nitrogen and oxygen atoms in total. The fourth-order valence-electron chi connectivity index (χ4n) is 1.37. The number of nitrogens with zero attached hydrogens (tertiary/aromatic N) is 1. The summed E-state index contributed by atoms with van der Waals surface area (Å²) in [5.41, 5.74) is 1.39. The molecule has 84 valence electrons. The first kappa shape index (κ1) is 11.4. The number of hydrogen-bond donors (Lipinski definition) is 1. The lowest BCUT2D eigenvalue weighted by atomic mass is 10.2. The molecule has 1 aromatic carbocycles. The van der Waals surface area contributed by atoms with Gasteiger partial charge >= 0.3 is 0 Å². The van der Waals surface area contributed by atoms with Gasteiger partial charge in [-0.1, -0.05) is 23.7 Å². The maximum Gasteiger partial charge on any atom is 0.129 e. The highest BCUT2D eigenvalue weighted by Gasteiger charge is 2.13. The fourth-order valence-corrected chi connectivity index (χ4v) is 2.52. The Hall–Kier alpha value is -1.10. The third kappa shape index (κ3) is 2.04. The molecule has 2 aromatic rings. The van der Waals surface area contributed by atoms with Gasteiger partial charge in [0.25, 0.3) is 0 Å². The number of halogens is 1. The van der Waals surface area contributed by atoms with Crippen molar-refractivity contribution in [2.24, 2.45) is 0 Å². The summed E-state index contributed by atoms with van der Waals surface area (Å²) in [6.07, 6.45) is 0. The molecule has 0 radical (unpaired) electrons. The van der Waals surface area contributed by atoms with Crippen LogP contribution in [-0.4, -0.2) is 17.2 Å². The van der Waals surface area contributed by atoms with Crippen LogP contribution in [0.15, 0.2) is 24.3 Å².